The van der Waals surface area contributed by atoms with Crippen molar-refractivity contribution in [1.82, 2.24) is 4.98 Å². The van der Waals surface area contributed by atoms with E-state index in [0.717, 1.165) is 12.8 Å². The standard InChI is InChI=1S/C13H20N2O2/c1-3-4-10(2)9-17-13(16)11-5-6-15-12(7-11)8-14/h5-7,10H,3-4,8-9,14H2,1-2H3. The molecule has 0 aliphatic heterocycles. The van der Waals surface area contributed by atoms with Gasteiger partial charge in [0.05, 0.1) is 17.9 Å². The molecule has 0 radical (unpaired) electrons. The second-order valence-corrected chi connectivity index (χ2v) is 4.23. The normalized spacial score (nSPS) is 12.2. The van der Waals surface area contributed by atoms with Crippen molar-refractivity contribution in [1.29, 1.82) is 0 Å². The summed E-state index contributed by atoms with van der Waals surface area (Å²) < 4.78 is 5.23. The molecule has 0 saturated carbocycles. The van der Waals surface area contributed by atoms with Crippen molar-refractivity contribution in [3.05, 3.63) is 29.6 Å². The molecule has 94 valence electrons. The summed E-state index contributed by atoms with van der Waals surface area (Å²) in [6.45, 7) is 4.99. The van der Waals surface area contributed by atoms with Crippen LogP contribution in [0.3, 0.4) is 0 Å². The van der Waals surface area contributed by atoms with Crippen molar-refractivity contribution in [3.8, 4) is 0 Å². The van der Waals surface area contributed by atoms with Crippen molar-refractivity contribution in [2.45, 2.75) is 33.2 Å². The van der Waals surface area contributed by atoms with Crippen molar-refractivity contribution < 1.29 is 9.53 Å². The number of aromatic nitrogens is 1. The zero-order valence-corrected chi connectivity index (χ0v) is 10.5. The molecule has 1 heterocycles. The lowest BCUT2D eigenvalue weighted by Gasteiger charge is -2.11. The van der Waals surface area contributed by atoms with E-state index in [0.29, 0.717) is 30.3 Å². The minimum Gasteiger partial charge on any atom is -0.462 e. The highest BCUT2D eigenvalue weighted by atomic mass is 16.5. The van der Waals surface area contributed by atoms with Crippen LogP contribution in [0.1, 0.15) is 42.7 Å². The van der Waals surface area contributed by atoms with E-state index in [2.05, 4.69) is 18.8 Å². The van der Waals surface area contributed by atoms with Crippen molar-refractivity contribution >= 4 is 5.97 Å². The van der Waals surface area contributed by atoms with Crippen LogP contribution in [0.15, 0.2) is 18.3 Å². The third-order valence-corrected chi connectivity index (χ3v) is 2.54. The molecule has 4 nitrogen and oxygen atoms in total. The largest absolute Gasteiger partial charge is 0.462 e. The van der Waals surface area contributed by atoms with Crippen LogP contribution in [0, 0.1) is 5.92 Å². The van der Waals surface area contributed by atoms with Gasteiger partial charge in [0.1, 0.15) is 0 Å². The molecule has 0 aliphatic rings. The van der Waals surface area contributed by atoms with Crippen LogP contribution in [0.5, 0.6) is 0 Å². The van der Waals surface area contributed by atoms with Gasteiger partial charge in [-0.1, -0.05) is 20.3 Å². The van der Waals surface area contributed by atoms with Crippen LogP contribution >= 0.6 is 0 Å². The number of rotatable bonds is 6. The second kappa shape index (κ2) is 7.01. The summed E-state index contributed by atoms with van der Waals surface area (Å²) in [5.74, 6) is 0.102. The summed E-state index contributed by atoms with van der Waals surface area (Å²) in [7, 11) is 0. The van der Waals surface area contributed by atoms with E-state index in [1.165, 1.54) is 0 Å². The maximum atomic E-state index is 11.7. The summed E-state index contributed by atoms with van der Waals surface area (Å²) in [6, 6.07) is 3.32. The molecule has 17 heavy (non-hydrogen) atoms. The van der Waals surface area contributed by atoms with E-state index in [1.807, 2.05) is 0 Å². The zero-order valence-electron chi connectivity index (χ0n) is 10.5. The average Bonchev–Trinajstić information content (AvgIpc) is 2.36. The number of ether oxygens (including phenoxy) is 1. The number of carbonyl (C=O) groups excluding carboxylic acids is 1. The highest BCUT2D eigenvalue weighted by Gasteiger charge is 2.10. The number of hydrogen-bond donors (Lipinski definition) is 1. The lowest BCUT2D eigenvalue weighted by molar-refractivity contribution is 0.0443. The Balaban J connectivity index is 2.51. The molecule has 0 amide bonds. The quantitative estimate of drug-likeness (QED) is 0.768. The van der Waals surface area contributed by atoms with E-state index >= 15 is 0 Å². The molecule has 1 rings (SSSR count). The van der Waals surface area contributed by atoms with Gasteiger partial charge in [-0.05, 0) is 24.5 Å². The smallest absolute Gasteiger partial charge is 0.338 e. The number of pyridine rings is 1. The van der Waals surface area contributed by atoms with Crippen molar-refractivity contribution in [2.75, 3.05) is 6.61 Å². The van der Waals surface area contributed by atoms with Gasteiger partial charge >= 0.3 is 5.97 Å². The summed E-state index contributed by atoms with van der Waals surface area (Å²) in [5, 5.41) is 0. The van der Waals surface area contributed by atoms with E-state index in [9.17, 15) is 4.79 Å². The molecule has 4 heteroatoms. The van der Waals surface area contributed by atoms with E-state index in [4.69, 9.17) is 10.5 Å². The molecule has 0 aliphatic carbocycles. The minimum atomic E-state index is -0.301. The summed E-state index contributed by atoms with van der Waals surface area (Å²) in [4.78, 5) is 15.8. The topological polar surface area (TPSA) is 65.2 Å². The Labute approximate surface area is 102 Å². The fourth-order valence-corrected chi connectivity index (χ4v) is 1.59. The number of hydrogen-bond acceptors (Lipinski definition) is 4. The summed E-state index contributed by atoms with van der Waals surface area (Å²) >= 11 is 0. The summed E-state index contributed by atoms with van der Waals surface area (Å²) in [6.07, 6.45) is 3.75. The van der Waals surface area contributed by atoms with Gasteiger partial charge < -0.3 is 10.5 Å². The highest BCUT2D eigenvalue weighted by molar-refractivity contribution is 5.89. The fourth-order valence-electron chi connectivity index (χ4n) is 1.59. The number of nitrogens with zero attached hydrogens (tertiary/aromatic N) is 1. The lowest BCUT2D eigenvalue weighted by atomic mass is 10.1. The third-order valence-electron chi connectivity index (χ3n) is 2.54. The molecule has 1 atom stereocenters. The molecule has 0 aromatic carbocycles. The van der Waals surface area contributed by atoms with Crippen LogP contribution in [-0.4, -0.2) is 17.6 Å². The first-order chi connectivity index (χ1) is 8.17. The predicted molar refractivity (Wildman–Crippen MR) is 66.5 cm³/mol. The molecular weight excluding hydrogens is 216 g/mol. The van der Waals surface area contributed by atoms with Gasteiger partial charge in [-0.2, -0.15) is 0 Å². The van der Waals surface area contributed by atoms with Crippen molar-refractivity contribution in [2.24, 2.45) is 11.7 Å². The van der Waals surface area contributed by atoms with Gasteiger partial charge in [0.2, 0.25) is 0 Å². The Hall–Kier alpha value is -1.42. The predicted octanol–water partition coefficient (Wildman–Crippen LogP) is 2.13. The fraction of sp³-hybridized carbons (Fsp3) is 0.538. The first-order valence-electron chi connectivity index (χ1n) is 5.99. The minimum absolute atomic E-state index is 0.301. The van der Waals surface area contributed by atoms with E-state index in [-0.39, 0.29) is 5.97 Å². The third kappa shape index (κ3) is 4.53. The van der Waals surface area contributed by atoms with Gasteiger partial charge in [0, 0.05) is 12.7 Å². The molecule has 0 spiro atoms. The van der Waals surface area contributed by atoms with Gasteiger partial charge in [0.25, 0.3) is 0 Å². The van der Waals surface area contributed by atoms with Gasteiger partial charge in [-0.3, -0.25) is 4.98 Å². The maximum Gasteiger partial charge on any atom is 0.338 e. The van der Waals surface area contributed by atoms with Gasteiger partial charge in [0.15, 0.2) is 0 Å². The Kier molecular flexibility index (Phi) is 5.63. The number of nitrogens with two attached hydrogens (primary N) is 1. The van der Waals surface area contributed by atoms with Crippen LogP contribution < -0.4 is 5.73 Å². The molecule has 0 fully saturated rings. The Morgan fingerprint density at radius 1 is 1.59 bits per heavy atom. The first kappa shape index (κ1) is 13.6. The number of esters is 1. The van der Waals surface area contributed by atoms with Gasteiger partial charge in [-0.15, -0.1) is 0 Å². The van der Waals surface area contributed by atoms with Crippen LogP contribution in [0.25, 0.3) is 0 Å². The lowest BCUT2D eigenvalue weighted by Crippen LogP contribution is -2.13. The number of carbonyl (C=O) groups is 1. The van der Waals surface area contributed by atoms with Crippen molar-refractivity contribution in [3.63, 3.8) is 0 Å². The molecule has 0 bridgehead atoms. The van der Waals surface area contributed by atoms with E-state index < -0.39 is 0 Å². The van der Waals surface area contributed by atoms with Crippen LogP contribution in [0.4, 0.5) is 0 Å². The highest BCUT2D eigenvalue weighted by Crippen LogP contribution is 2.08. The molecule has 1 aromatic heterocycles. The Bertz CT molecular complexity index is 366. The molecule has 1 aromatic rings. The summed E-state index contributed by atoms with van der Waals surface area (Å²) in [5.41, 5.74) is 6.68. The first-order valence-corrected chi connectivity index (χ1v) is 5.99. The maximum absolute atomic E-state index is 11.7. The zero-order chi connectivity index (χ0) is 12.7. The molecular formula is C13H20N2O2. The SMILES string of the molecule is CCCC(C)COC(=O)c1ccnc(CN)c1. The Morgan fingerprint density at radius 3 is 3.00 bits per heavy atom. The second-order valence-electron chi connectivity index (χ2n) is 4.23. The molecule has 1 unspecified atom stereocenters. The van der Waals surface area contributed by atoms with Gasteiger partial charge in [-0.25, -0.2) is 4.79 Å². The molecule has 2 N–H and O–H groups in total. The van der Waals surface area contributed by atoms with Crippen LogP contribution in [0.2, 0.25) is 0 Å². The monoisotopic (exact) mass is 236 g/mol. The van der Waals surface area contributed by atoms with E-state index in [1.54, 1.807) is 18.3 Å². The Morgan fingerprint density at radius 2 is 2.35 bits per heavy atom. The average molecular weight is 236 g/mol. The van der Waals surface area contributed by atoms with Crippen LogP contribution in [-0.2, 0) is 11.3 Å². The molecule has 0 saturated heterocycles.